The summed E-state index contributed by atoms with van der Waals surface area (Å²) >= 11 is 0. The third kappa shape index (κ3) is 25.5. The molecule has 0 aromatic carbocycles. The third-order valence-electron chi connectivity index (χ3n) is 5.93. The molecule has 242 valence electrons. The summed E-state index contributed by atoms with van der Waals surface area (Å²) < 4.78 is 51.9. The topological polar surface area (TPSA) is 86.3 Å². The first kappa shape index (κ1) is 39.8. The zero-order valence-electron chi connectivity index (χ0n) is 26.6. The van der Waals surface area contributed by atoms with Gasteiger partial charge in [0.15, 0.2) is 0 Å². The molecule has 0 aliphatic carbocycles. The van der Waals surface area contributed by atoms with Crippen molar-refractivity contribution in [2.75, 3.05) is 119 Å². The zero-order valence-corrected chi connectivity index (χ0v) is 27.6. The Morgan fingerprint density at radius 2 is 0.750 bits per heavy atom. The maximum Gasteiger partial charge on any atom is 0.500 e. The molecule has 0 spiro atoms. The summed E-state index contributed by atoms with van der Waals surface area (Å²) in [7, 11) is -2.64. The van der Waals surface area contributed by atoms with Gasteiger partial charge in [0.25, 0.3) is 0 Å². The van der Waals surface area contributed by atoms with Crippen LogP contribution in [0.1, 0.15) is 66.7 Å². The van der Waals surface area contributed by atoms with Gasteiger partial charge in [-0.15, -0.1) is 0 Å². The van der Waals surface area contributed by atoms with Gasteiger partial charge in [-0.05, 0) is 46.6 Å². The fourth-order valence-corrected chi connectivity index (χ4v) is 6.41. The normalized spacial score (nSPS) is 12.2. The Kier molecular flexibility index (Phi) is 31.6. The molecule has 0 saturated heterocycles. The summed E-state index contributed by atoms with van der Waals surface area (Å²) in [5, 5.41) is 0. The Morgan fingerprint density at radius 1 is 0.400 bits per heavy atom. The van der Waals surface area contributed by atoms with Crippen molar-refractivity contribution in [3.05, 3.63) is 0 Å². The van der Waals surface area contributed by atoms with E-state index in [4.69, 9.17) is 41.7 Å². The van der Waals surface area contributed by atoms with Crippen LogP contribution in [-0.2, 0) is 41.7 Å². The van der Waals surface area contributed by atoms with Gasteiger partial charge in [0.2, 0.25) is 0 Å². The van der Waals surface area contributed by atoms with Crippen LogP contribution in [0.5, 0.6) is 0 Å². The highest BCUT2D eigenvalue weighted by Gasteiger charge is 2.39. The molecular formula is C29H63NO9Si. The Labute approximate surface area is 246 Å². The fourth-order valence-electron chi connectivity index (χ4n) is 3.82. The summed E-state index contributed by atoms with van der Waals surface area (Å²) in [6.45, 7) is 22.3. The molecule has 0 aliphatic rings. The highest BCUT2D eigenvalue weighted by atomic mass is 28.4. The average Bonchev–Trinajstić information content (AvgIpc) is 2.94. The second-order valence-electron chi connectivity index (χ2n) is 9.31. The van der Waals surface area contributed by atoms with E-state index in [0.29, 0.717) is 85.9 Å². The maximum absolute atomic E-state index is 6.02. The van der Waals surface area contributed by atoms with Gasteiger partial charge in [-0.2, -0.15) is 0 Å². The molecule has 0 bridgehead atoms. The van der Waals surface area contributed by atoms with Crippen molar-refractivity contribution < 1.29 is 41.7 Å². The molecule has 0 rings (SSSR count). The Bertz CT molecular complexity index is 451. The van der Waals surface area contributed by atoms with Crippen LogP contribution in [0.2, 0.25) is 6.04 Å². The first-order valence-electron chi connectivity index (χ1n) is 15.8. The van der Waals surface area contributed by atoms with Crippen LogP contribution in [0.3, 0.4) is 0 Å². The molecule has 0 N–H and O–H groups in total. The van der Waals surface area contributed by atoms with Gasteiger partial charge < -0.3 is 41.7 Å². The largest absolute Gasteiger partial charge is 0.500 e. The van der Waals surface area contributed by atoms with Crippen molar-refractivity contribution in [2.45, 2.75) is 72.8 Å². The lowest BCUT2D eigenvalue weighted by Gasteiger charge is -2.29. The summed E-state index contributed by atoms with van der Waals surface area (Å²) in [5.41, 5.74) is 0. The molecule has 0 aromatic rings. The molecule has 0 atom stereocenters. The van der Waals surface area contributed by atoms with Gasteiger partial charge in [0, 0.05) is 52.2 Å². The number of hydrogen-bond acceptors (Lipinski definition) is 10. The molecule has 0 aliphatic heterocycles. The third-order valence-corrected chi connectivity index (χ3v) is 9.08. The lowest BCUT2D eigenvalue weighted by Crippen LogP contribution is -2.46. The van der Waals surface area contributed by atoms with Crippen molar-refractivity contribution in [1.82, 2.24) is 4.90 Å². The number of unbranched alkanes of at least 4 members (excludes halogenated alkanes) is 2. The lowest BCUT2D eigenvalue weighted by atomic mass is 10.4. The SMILES string of the molecule is CCCCOCCOCCOCCN(CCC[Si](OCC)(OCC)OCC)CCOCCOCCOCCCC. The van der Waals surface area contributed by atoms with E-state index < -0.39 is 8.80 Å². The van der Waals surface area contributed by atoms with Crippen LogP contribution in [0, 0.1) is 0 Å². The molecule has 0 amide bonds. The standard InChI is InChI=1S/C29H63NO9Si/c1-6-11-17-31-21-25-35-27-23-33-19-15-30(14-13-29-40(37-8-3,38-9-4)39-10-5)16-20-34-24-28-36-26-22-32-18-12-7-2/h6-29H2,1-5H3. The molecular weight excluding hydrogens is 534 g/mol. The predicted molar refractivity (Wildman–Crippen MR) is 161 cm³/mol. The number of rotatable bonds is 34. The van der Waals surface area contributed by atoms with Crippen LogP contribution < -0.4 is 0 Å². The minimum Gasteiger partial charge on any atom is -0.379 e. The summed E-state index contributed by atoms with van der Waals surface area (Å²) in [5.74, 6) is 0. The van der Waals surface area contributed by atoms with E-state index in [1.165, 1.54) is 0 Å². The minimum atomic E-state index is -2.64. The van der Waals surface area contributed by atoms with E-state index in [1.54, 1.807) is 0 Å². The summed E-state index contributed by atoms with van der Waals surface area (Å²) in [4.78, 5) is 2.37. The van der Waals surface area contributed by atoms with E-state index in [2.05, 4.69) is 18.7 Å². The highest BCUT2D eigenvalue weighted by molar-refractivity contribution is 6.60. The van der Waals surface area contributed by atoms with Crippen molar-refractivity contribution in [3.63, 3.8) is 0 Å². The molecule has 11 heteroatoms. The van der Waals surface area contributed by atoms with Gasteiger partial charge >= 0.3 is 8.80 Å². The molecule has 0 fully saturated rings. The van der Waals surface area contributed by atoms with Crippen molar-refractivity contribution >= 4 is 8.80 Å². The van der Waals surface area contributed by atoms with Crippen LogP contribution in [0.4, 0.5) is 0 Å². The molecule has 40 heavy (non-hydrogen) atoms. The van der Waals surface area contributed by atoms with Crippen LogP contribution in [0.15, 0.2) is 0 Å². The van der Waals surface area contributed by atoms with Crippen molar-refractivity contribution in [3.8, 4) is 0 Å². The second kappa shape index (κ2) is 31.7. The number of nitrogens with zero attached hydrogens (tertiary/aromatic N) is 1. The van der Waals surface area contributed by atoms with Gasteiger partial charge in [0.05, 0.1) is 66.1 Å². The maximum atomic E-state index is 6.02. The average molecular weight is 598 g/mol. The molecule has 0 unspecified atom stereocenters. The van der Waals surface area contributed by atoms with Crippen LogP contribution in [0.25, 0.3) is 0 Å². The highest BCUT2D eigenvalue weighted by Crippen LogP contribution is 2.18. The number of ether oxygens (including phenoxy) is 6. The fraction of sp³-hybridized carbons (Fsp3) is 1.00. The predicted octanol–water partition coefficient (Wildman–Crippen LogP) is 4.43. The molecule has 0 saturated carbocycles. The Balaban J connectivity index is 4.32. The number of hydrogen-bond donors (Lipinski definition) is 0. The minimum absolute atomic E-state index is 0.577. The Hall–Kier alpha value is -0.183. The Morgan fingerprint density at radius 3 is 1.10 bits per heavy atom. The van der Waals surface area contributed by atoms with Crippen molar-refractivity contribution in [1.29, 1.82) is 0 Å². The van der Waals surface area contributed by atoms with E-state index >= 15 is 0 Å². The lowest BCUT2D eigenvalue weighted by molar-refractivity contribution is 0.00204. The van der Waals surface area contributed by atoms with E-state index in [0.717, 1.165) is 71.0 Å². The van der Waals surface area contributed by atoms with Crippen molar-refractivity contribution in [2.24, 2.45) is 0 Å². The summed E-state index contributed by atoms with van der Waals surface area (Å²) in [6, 6.07) is 0.795. The quantitative estimate of drug-likeness (QED) is 0.0785. The van der Waals surface area contributed by atoms with E-state index in [-0.39, 0.29) is 0 Å². The van der Waals surface area contributed by atoms with Gasteiger partial charge in [-0.3, -0.25) is 4.90 Å². The van der Waals surface area contributed by atoms with Crippen LogP contribution in [-0.4, -0.2) is 132 Å². The van der Waals surface area contributed by atoms with E-state index in [9.17, 15) is 0 Å². The first-order valence-corrected chi connectivity index (χ1v) is 17.7. The zero-order chi connectivity index (χ0) is 29.4. The second-order valence-corrected chi connectivity index (χ2v) is 12.0. The smallest absolute Gasteiger partial charge is 0.379 e. The van der Waals surface area contributed by atoms with Gasteiger partial charge in [-0.1, -0.05) is 26.7 Å². The van der Waals surface area contributed by atoms with E-state index in [1.807, 2.05) is 20.8 Å². The van der Waals surface area contributed by atoms with Crippen LogP contribution >= 0.6 is 0 Å². The molecule has 0 heterocycles. The van der Waals surface area contributed by atoms with Gasteiger partial charge in [0.1, 0.15) is 0 Å². The monoisotopic (exact) mass is 597 g/mol. The molecule has 0 aromatic heterocycles. The van der Waals surface area contributed by atoms with Gasteiger partial charge in [-0.25, -0.2) is 0 Å². The summed E-state index contributed by atoms with van der Waals surface area (Å²) in [6.07, 6.45) is 5.41. The first-order chi connectivity index (χ1) is 19.7. The molecule has 10 nitrogen and oxygen atoms in total. The molecule has 0 radical (unpaired) electrons.